The van der Waals surface area contributed by atoms with Crippen molar-refractivity contribution in [3.63, 3.8) is 0 Å². The summed E-state index contributed by atoms with van der Waals surface area (Å²) in [7, 11) is 1.16. The lowest BCUT2D eigenvalue weighted by Crippen LogP contribution is -2.52. The van der Waals surface area contributed by atoms with Gasteiger partial charge in [0.1, 0.15) is 24.2 Å². The number of carbonyl (C=O) groups excluding carboxylic acids is 5. The lowest BCUT2D eigenvalue weighted by molar-refractivity contribution is -0.142. The average molecular weight is 475 g/mol. The Bertz CT molecular complexity index is 935. The molecule has 0 aliphatic rings. The standard InChI is InChI=1S/C23H30N4O7/c1-6-27(19(15-10-8-7-9-11-15)20(30)25-14-18(29)33-5)21(31)16(12-13-17(24)28)26-22(32)34-23(2,3)4/h1,7-11,16,19H,12-14H2,2-5H3,(H2,24,28)(H,25,30)(H,26,32). The van der Waals surface area contributed by atoms with Crippen LogP contribution in [0, 0.1) is 12.5 Å². The van der Waals surface area contributed by atoms with Crippen molar-refractivity contribution in [3.05, 3.63) is 35.9 Å². The van der Waals surface area contributed by atoms with Gasteiger partial charge < -0.3 is 25.8 Å². The van der Waals surface area contributed by atoms with Gasteiger partial charge in [0.25, 0.3) is 5.91 Å². The van der Waals surface area contributed by atoms with Crippen molar-refractivity contribution in [1.29, 1.82) is 0 Å². The van der Waals surface area contributed by atoms with Crippen molar-refractivity contribution >= 4 is 29.8 Å². The van der Waals surface area contributed by atoms with Gasteiger partial charge in [0, 0.05) is 12.5 Å². The van der Waals surface area contributed by atoms with Gasteiger partial charge in [0.2, 0.25) is 11.8 Å². The van der Waals surface area contributed by atoms with Crippen molar-refractivity contribution in [2.24, 2.45) is 5.73 Å². The van der Waals surface area contributed by atoms with E-state index in [4.69, 9.17) is 16.9 Å². The summed E-state index contributed by atoms with van der Waals surface area (Å²) in [6, 6.07) is 7.62. The fraction of sp³-hybridized carbons (Fsp3) is 0.435. The van der Waals surface area contributed by atoms with E-state index in [1.807, 2.05) is 0 Å². The predicted molar refractivity (Wildman–Crippen MR) is 121 cm³/mol. The summed E-state index contributed by atoms with van der Waals surface area (Å²) in [4.78, 5) is 62.3. The van der Waals surface area contributed by atoms with Gasteiger partial charge in [-0.15, -0.1) is 0 Å². The van der Waals surface area contributed by atoms with Crippen LogP contribution in [0.15, 0.2) is 30.3 Å². The molecule has 34 heavy (non-hydrogen) atoms. The Morgan fingerprint density at radius 1 is 1.15 bits per heavy atom. The van der Waals surface area contributed by atoms with E-state index in [0.717, 1.165) is 12.0 Å². The van der Waals surface area contributed by atoms with Crippen LogP contribution in [0.3, 0.4) is 0 Å². The second-order valence-corrected chi connectivity index (χ2v) is 8.15. The van der Waals surface area contributed by atoms with Gasteiger partial charge >= 0.3 is 12.1 Å². The first-order valence-corrected chi connectivity index (χ1v) is 10.4. The largest absolute Gasteiger partial charge is 0.468 e. The van der Waals surface area contributed by atoms with Crippen LogP contribution in [0.25, 0.3) is 0 Å². The van der Waals surface area contributed by atoms with E-state index in [0.29, 0.717) is 5.56 Å². The predicted octanol–water partition coefficient (Wildman–Crippen LogP) is 0.595. The average Bonchev–Trinajstić information content (AvgIpc) is 2.76. The number of carbonyl (C=O) groups is 5. The van der Waals surface area contributed by atoms with Gasteiger partial charge in [0.15, 0.2) is 0 Å². The molecule has 0 spiro atoms. The fourth-order valence-corrected chi connectivity index (χ4v) is 2.81. The number of nitrogens with one attached hydrogen (secondary N) is 2. The van der Waals surface area contributed by atoms with Crippen LogP contribution in [-0.2, 0) is 28.7 Å². The first-order chi connectivity index (χ1) is 15.9. The van der Waals surface area contributed by atoms with Crippen LogP contribution >= 0.6 is 0 Å². The molecule has 1 aromatic rings. The third kappa shape index (κ3) is 9.20. The van der Waals surface area contributed by atoms with Crippen molar-refractivity contribution in [3.8, 4) is 12.5 Å². The number of nitrogens with zero attached hydrogens (tertiary/aromatic N) is 1. The maximum atomic E-state index is 13.4. The highest BCUT2D eigenvalue weighted by molar-refractivity contribution is 5.94. The molecule has 11 heteroatoms. The summed E-state index contributed by atoms with van der Waals surface area (Å²) in [5, 5.41) is 4.76. The lowest BCUT2D eigenvalue weighted by Gasteiger charge is -2.30. The van der Waals surface area contributed by atoms with Crippen LogP contribution in [0.1, 0.15) is 45.2 Å². The van der Waals surface area contributed by atoms with Crippen LogP contribution in [-0.4, -0.2) is 60.0 Å². The number of rotatable bonds is 10. The maximum absolute atomic E-state index is 13.4. The molecular weight excluding hydrogens is 444 g/mol. The lowest BCUT2D eigenvalue weighted by atomic mass is 10.0. The third-order valence-corrected chi connectivity index (χ3v) is 4.30. The molecular formula is C23H30N4O7. The number of primary amides is 1. The van der Waals surface area contributed by atoms with E-state index in [-0.39, 0.29) is 12.8 Å². The van der Waals surface area contributed by atoms with E-state index in [1.165, 1.54) is 0 Å². The van der Waals surface area contributed by atoms with Gasteiger partial charge in [-0.05, 0) is 32.8 Å². The molecule has 1 rings (SSSR count). The van der Waals surface area contributed by atoms with Crippen molar-refractivity contribution in [1.82, 2.24) is 15.5 Å². The molecule has 0 radical (unpaired) electrons. The normalized spacial score (nSPS) is 12.3. The van der Waals surface area contributed by atoms with Gasteiger partial charge in [-0.2, -0.15) is 0 Å². The van der Waals surface area contributed by atoms with Gasteiger partial charge in [-0.25, -0.2) is 4.79 Å². The molecule has 4 amide bonds. The molecule has 184 valence electrons. The molecule has 0 fully saturated rings. The molecule has 0 saturated heterocycles. The summed E-state index contributed by atoms with van der Waals surface area (Å²) in [6.07, 6.45) is 4.26. The Kier molecular flexibility index (Phi) is 10.6. The Hall–Kier alpha value is -4.07. The zero-order valence-electron chi connectivity index (χ0n) is 19.6. The second-order valence-electron chi connectivity index (χ2n) is 8.15. The van der Waals surface area contributed by atoms with Crippen LogP contribution in [0.2, 0.25) is 0 Å². The molecule has 0 aliphatic heterocycles. The number of esters is 1. The molecule has 0 aliphatic carbocycles. The Morgan fingerprint density at radius 2 is 1.76 bits per heavy atom. The number of ether oxygens (including phenoxy) is 2. The van der Waals surface area contributed by atoms with Gasteiger partial charge in [0.05, 0.1) is 7.11 Å². The van der Waals surface area contributed by atoms with E-state index < -0.39 is 54.0 Å². The maximum Gasteiger partial charge on any atom is 0.408 e. The van der Waals surface area contributed by atoms with E-state index in [2.05, 4.69) is 21.4 Å². The SMILES string of the molecule is C#CN(C(=O)C(CCC(N)=O)NC(=O)OC(C)(C)C)C(C(=O)NCC(=O)OC)c1ccccc1. The minimum atomic E-state index is -1.35. The summed E-state index contributed by atoms with van der Waals surface area (Å²) in [5.74, 6) is -3.01. The van der Waals surface area contributed by atoms with Gasteiger partial charge in [-0.1, -0.05) is 36.8 Å². The minimum absolute atomic E-state index is 0.184. The van der Waals surface area contributed by atoms with Crippen LogP contribution in [0.5, 0.6) is 0 Å². The number of terminal acetylenes is 1. The van der Waals surface area contributed by atoms with E-state index in [1.54, 1.807) is 51.1 Å². The molecule has 0 aromatic heterocycles. The zero-order chi connectivity index (χ0) is 25.9. The molecule has 0 bridgehead atoms. The van der Waals surface area contributed by atoms with Crippen molar-refractivity contribution in [2.75, 3.05) is 13.7 Å². The third-order valence-electron chi connectivity index (χ3n) is 4.30. The summed E-state index contributed by atoms with van der Waals surface area (Å²) >= 11 is 0. The Morgan fingerprint density at radius 3 is 2.26 bits per heavy atom. The second kappa shape index (κ2) is 12.8. The number of alkyl carbamates (subject to hydrolysis) is 1. The topological polar surface area (TPSA) is 157 Å². The van der Waals surface area contributed by atoms with Crippen molar-refractivity contribution in [2.45, 2.75) is 51.3 Å². The Balaban J connectivity index is 3.29. The summed E-state index contributed by atoms with van der Waals surface area (Å²) in [6.45, 7) is 4.46. The quantitative estimate of drug-likeness (QED) is 0.254. The van der Waals surface area contributed by atoms with Crippen molar-refractivity contribution < 1.29 is 33.4 Å². The summed E-state index contributed by atoms with van der Waals surface area (Å²) < 4.78 is 9.71. The van der Waals surface area contributed by atoms with Crippen LogP contribution < -0.4 is 16.4 Å². The molecule has 11 nitrogen and oxygen atoms in total. The monoisotopic (exact) mass is 474 g/mol. The molecule has 0 saturated carbocycles. The van der Waals surface area contributed by atoms with Gasteiger partial charge in [-0.3, -0.25) is 24.1 Å². The molecule has 2 atom stereocenters. The van der Waals surface area contributed by atoms with E-state index >= 15 is 0 Å². The first kappa shape index (κ1) is 28.0. The summed E-state index contributed by atoms with van der Waals surface area (Å²) in [5.41, 5.74) is 4.70. The fourth-order valence-electron chi connectivity index (χ4n) is 2.81. The number of methoxy groups -OCH3 is 1. The number of hydrogen-bond donors (Lipinski definition) is 3. The molecule has 0 heterocycles. The van der Waals surface area contributed by atoms with Crippen LogP contribution in [0.4, 0.5) is 4.79 Å². The number of nitrogens with two attached hydrogens (primary N) is 1. The highest BCUT2D eigenvalue weighted by Crippen LogP contribution is 2.22. The molecule has 4 N–H and O–H groups in total. The number of benzene rings is 1. The molecule has 2 unspecified atom stereocenters. The van der Waals surface area contributed by atoms with E-state index in [9.17, 15) is 24.0 Å². The minimum Gasteiger partial charge on any atom is -0.468 e. The Labute approximate surface area is 198 Å². The highest BCUT2D eigenvalue weighted by Gasteiger charge is 2.36. The number of amides is 4. The highest BCUT2D eigenvalue weighted by atomic mass is 16.6. The molecule has 1 aromatic carbocycles. The zero-order valence-corrected chi connectivity index (χ0v) is 19.6. The smallest absolute Gasteiger partial charge is 0.408 e. The first-order valence-electron chi connectivity index (χ1n) is 10.4. The number of hydrogen-bond acceptors (Lipinski definition) is 7.